The number of halogens is 1. The lowest BCUT2D eigenvalue weighted by Gasteiger charge is -2.48. The molecule has 5 heteroatoms. The largest absolute Gasteiger partial charge is 0.399 e. The SMILES string of the molecule is Cl.Nc1ccc(CC(=O)NCC2(N3CCCCC3)CCCCC2)cc1. The lowest BCUT2D eigenvalue weighted by atomic mass is 9.79. The predicted octanol–water partition coefficient (Wildman–Crippen LogP) is 3.54. The van der Waals surface area contributed by atoms with Crippen molar-refractivity contribution in [1.29, 1.82) is 0 Å². The predicted molar refractivity (Wildman–Crippen MR) is 106 cm³/mol. The Labute approximate surface area is 157 Å². The van der Waals surface area contributed by atoms with Crippen LogP contribution < -0.4 is 11.1 Å². The molecule has 1 heterocycles. The van der Waals surface area contributed by atoms with Crippen LogP contribution in [0.3, 0.4) is 0 Å². The van der Waals surface area contributed by atoms with E-state index in [0.29, 0.717) is 6.42 Å². The molecule has 1 saturated heterocycles. The van der Waals surface area contributed by atoms with Gasteiger partial charge in [0.2, 0.25) is 5.91 Å². The standard InChI is InChI=1S/C20H31N3O.ClH/c21-18-9-7-17(8-10-18)15-19(24)22-16-20(11-3-1-4-12-20)23-13-5-2-6-14-23;/h7-10H,1-6,11-16,21H2,(H,22,24);1H. The van der Waals surface area contributed by atoms with Crippen molar-refractivity contribution in [2.75, 3.05) is 25.4 Å². The number of carbonyl (C=O) groups excluding carboxylic acids is 1. The van der Waals surface area contributed by atoms with Crippen LogP contribution in [-0.2, 0) is 11.2 Å². The van der Waals surface area contributed by atoms with Crippen molar-refractivity contribution >= 4 is 24.0 Å². The van der Waals surface area contributed by atoms with E-state index in [-0.39, 0.29) is 23.9 Å². The molecule has 0 atom stereocenters. The number of nitrogens with zero attached hydrogens (tertiary/aromatic N) is 1. The molecular weight excluding hydrogens is 334 g/mol. The van der Waals surface area contributed by atoms with Crippen molar-refractivity contribution in [3.63, 3.8) is 0 Å². The van der Waals surface area contributed by atoms with Gasteiger partial charge in [0.25, 0.3) is 0 Å². The van der Waals surface area contributed by atoms with Gasteiger partial charge in [0.05, 0.1) is 6.42 Å². The average molecular weight is 366 g/mol. The third kappa shape index (κ3) is 5.35. The fourth-order valence-corrected chi connectivity index (χ4v) is 4.33. The van der Waals surface area contributed by atoms with E-state index in [2.05, 4.69) is 10.2 Å². The number of nitrogens with one attached hydrogen (secondary N) is 1. The Bertz CT molecular complexity index is 534. The monoisotopic (exact) mass is 365 g/mol. The first kappa shape index (κ1) is 20.1. The molecule has 2 fully saturated rings. The summed E-state index contributed by atoms with van der Waals surface area (Å²) in [7, 11) is 0. The zero-order chi connectivity index (χ0) is 16.8. The highest BCUT2D eigenvalue weighted by Crippen LogP contribution is 2.35. The normalized spacial score (nSPS) is 20.5. The zero-order valence-corrected chi connectivity index (χ0v) is 16.0. The summed E-state index contributed by atoms with van der Waals surface area (Å²) in [6.07, 6.45) is 10.8. The number of benzene rings is 1. The highest BCUT2D eigenvalue weighted by molar-refractivity contribution is 5.85. The first-order valence-electron chi connectivity index (χ1n) is 9.54. The molecule has 0 bridgehead atoms. The molecule has 1 amide bonds. The van der Waals surface area contributed by atoms with Gasteiger partial charge in [0.1, 0.15) is 0 Å². The van der Waals surface area contributed by atoms with Gasteiger partial charge in [0.15, 0.2) is 0 Å². The number of piperidine rings is 1. The van der Waals surface area contributed by atoms with Crippen molar-refractivity contribution in [1.82, 2.24) is 10.2 Å². The third-order valence-corrected chi connectivity index (χ3v) is 5.77. The molecule has 3 rings (SSSR count). The van der Waals surface area contributed by atoms with Crippen LogP contribution in [0, 0.1) is 0 Å². The number of anilines is 1. The summed E-state index contributed by atoms with van der Waals surface area (Å²) in [5.74, 6) is 0.127. The van der Waals surface area contributed by atoms with E-state index in [1.807, 2.05) is 24.3 Å². The maximum absolute atomic E-state index is 12.4. The summed E-state index contributed by atoms with van der Waals surface area (Å²) in [6, 6.07) is 7.60. The van der Waals surface area contributed by atoms with Gasteiger partial charge in [-0.15, -0.1) is 12.4 Å². The minimum atomic E-state index is 0. The summed E-state index contributed by atoms with van der Waals surface area (Å²) in [4.78, 5) is 15.1. The van der Waals surface area contributed by atoms with Crippen LogP contribution in [0.2, 0.25) is 0 Å². The average Bonchev–Trinajstić information content (AvgIpc) is 2.63. The lowest BCUT2D eigenvalue weighted by Crippen LogP contribution is -2.58. The van der Waals surface area contributed by atoms with Crippen LogP contribution in [0.15, 0.2) is 24.3 Å². The molecular formula is C20H32ClN3O. The van der Waals surface area contributed by atoms with Crippen molar-refractivity contribution in [2.24, 2.45) is 0 Å². The van der Waals surface area contributed by atoms with Gasteiger partial charge >= 0.3 is 0 Å². The number of hydrogen-bond donors (Lipinski definition) is 2. The Kier molecular flexibility index (Phi) is 7.57. The van der Waals surface area contributed by atoms with E-state index in [1.165, 1.54) is 64.5 Å². The Morgan fingerprint density at radius 1 is 1.00 bits per heavy atom. The second-order valence-corrected chi connectivity index (χ2v) is 7.53. The van der Waals surface area contributed by atoms with E-state index in [9.17, 15) is 4.79 Å². The third-order valence-electron chi connectivity index (χ3n) is 5.77. The number of hydrogen-bond acceptors (Lipinski definition) is 3. The quantitative estimate of drug-likeness (QED) is 0.784. The fraction of sp³-hybridized carbons (Fsp3) is 0.650. The Morgan fingerprint density at radius 2 is 1.60 bits per heavy atom. The van der Waals surface area contributed by atoms with Crippen LogP contribution in [-0.4, -0.2) is 36.0 Å². The number of nitrogen functional groups attached to an aromatic ring is 1. The zero-order valence-electron chi connectivity index (χ0n) is 15.1. The first-order valence-corrected chi connectivity index (χ1v) is 9.54. The van der Waals surface area contributed by atoms with E-state index >= 15 is 0 Å². The molecule has 3 N–H and O–H groups in total. The van der Waals surface area contributed by atoms with Gasteiger partial charge < -0.3 is 11.1 Å². The van der Waals surface area contributed by atoms with Crippen LogP contribution >= 0.6 is 12.4 Å². The van der Waals surface area contributed by atoms with E-state index < -0.39 is 0 Å². The molecule has 140 valence electrons. The summed E-state index contributed by atoms with van der Waals surface area (Å²) in [6.45, 7) is 3.21. The molecule has 1 aromatic rings. The summed E-state index contributed by atoms with van der Waals surface area (Å²) in [5, 5.41) is 3.24. The van der Waals surface area contributed by atoms with Gasteiger partial charge in [-0.25, -0.2) is 0 Å². The van der Waals surface area contributed by atoms with E-state index in [1.54, 1.807) is 0 Å². The number of likely N-dealkylation sites (tertiary alicyclic amines) is 1. The number of rotatable bonds is 5. The van der Waals surface area contributed by atoms with Crippen LogP contribution in [0.5, 0.6) is 0 Å². The number of amides is 1. The Balaban J connectivity index is 0.00000225. The lowest BCUT2D eigenvalue weighted by molar-refractivity contribution is -0.121. The van der Waals surface area contributed by atoms with Crippen molar-refractivity contribution in [2.45, 2.75) is 63.3 Å². The molecule has 1 saturated carbocycles. The number of nitrogens with two attached hydrogens (primary N) is 1. The minimum Gasteiger partial charge on any atom is -0.399 e. The molecule has 4 nitrogen and oxygen atoms in total. The molecule has 0 spiro atoms. The molecule has 2 aliphatic rings. The summed E-state index contributed by atoms with van der Waals surface area (Å²) >= 11 is 0. The van der Waals surface area contributed by atoms with Crippen LogP contribution in [0.25, 0.3) is 0 Å². The Morgan fingerprint density at radius 3 is 2.24 bits per heavy atom. The van der Waals surface area contributed by atoms with Crippen molar-refractivity contribution in [3.05, 3.63) is 29.8 Å². The molecule has 0 aromatic heterocycles. The molecule has 1 aliphatic carbocycles. The van der Waals surface area contributed by atoms with Gasteiger partial charge in [-0.3, -0.25) is 9.69 Å². The molecule has 1 aromatic carbocycles. The van der Waals surface area contributed by atoms with E-state index in [0.717, 1.165) is 17.8 Å². The van der Waals surface area contributed by atoms with Gasteiger partial charge in [-0.1, -0.05) is 37.8 Å². The fourth-order valence-electron chi connectivity index (χ4n) is 4.33. The maximum Gasteiger partial charge on any atom is 0.224 e. The smallest absolute Gasteiger partial charge is 0.224 e. The van der Waals surface area contributed by atoms with Crippen LogP contribution in [0.4, 0.5) is 5.69 Å². The number of carbonyl (C=O) groups is 1. The summed E-state index contributed by atoms with van der Waals surface area (Å²) < 4.78 is 0. The van der Waals surface area contributed by atoms with E-state index in [4.69, 9.17) is 5.73 Å². The Hall–Kier alpha value is -1.26. The second-order valence-electron chi connectivity index (χ2n) is 7.53. The summed E-state index contributed by atoms with van der Waals surface area (Å²) in [5.41, 5.74) is 7.68. The molecule has 0 unspecified atom stereocenters. The molecule has 25 heavy (non-hydrogen) atoms. The highest BCUT2D eigenvalue weighted by Gasteiger charge is 2.38. The van der Waals surface area contributed by atoms with Gasteiger partial charge in [-0.05, 0) is 56.5 Å². The first-order chi connectivity index (χ1) is 11.7. The van der Waals surface area contributed by atoms with Crippen molar-refractivity contribution < 1.29 is 4.79 Å². The van der Waals surface area contributed by atoms with Crippen molar-refractivity contribution in [3.8, 4) is 0 Å². The topological polar surface area (TPSA) is 58.4 Å². The maximum atomic E-state index is 12.4. The molecule has 0 radical (unpaired) electrons. The highest BCUT2D eigenvalue weighted by atomic mass is 35.5. The second kappa shape index (κ2) is 9.44. The van der Waals surface area contributed by atoms with Gasteiger partial charge in [-0.2, -0.15) is 0 Å². The van der Waals surface area contributed by atoms with Crippen LogP contribution in [0.1, 0.15) is 56.9 Å². The molecule has 1 aliphatic heterocycles. The van der Waals surface area contributed by atoms with Gasteiger partial charge in [0, 0.05) is 17.8 Å². The minimum absolute atomic E-state index is 0.